The Labute approximate surface area is 125 Å². The standard InChI is InChI=1S/C13H22N4O3S/c1-2-14-13-15-9-12(10-16-13)21(18,19)17-7-6-11-5-3-4-8-20-11/h9-11,17H,2-8H2,1H3,(H,14,15,16). The number of sulfonamides is 1. The zero-order chi connectivity index (χ0) is 15.1. The van der Waals surface area contributed by atoms with E-state index in [4.69, 9.17) is 4.74 Å². The predicted molar refractivity (Wildman–Crippen MR) is 79.6 cm³/mol. The van der Waals surface area contributed by atoms with Gasteiger partial charge in [0.15, 0.2) is 0 Å². The van der Waals surface area contributed by atoms with Crippen LogP contribution < -0.4 is 10.0 Å². The van der Waals surface area contributed by atoms with Gasteiger partial charge >= 0.3 is 0 Å². The zero-order valence-corrected chi connectivity index (χ0v) is 13.0. The summed E-state index contributed by atoms with van der Waals surface area (Å²) >= 11 is 0. The number of anilines is 1. The van der Waals surface area contributed by atoms with E-state index in [9.17, 15) is 8.42 Å². The van der Waals surface area contributed by atoms with Gasteiger partial charge in [0.05, 0.1) is 18.5 Å². The first-order chi connectivity index (χ1) is 10.1. The summed E-state index contributed by atoms with van der Waals surface area (Å²) in [6, 6.07) is 0. The summed E-state index contributed by atoms with van der Waals surface area (Å²) in [5, 5.41) is 2.92. The van der Waals surface area contributed by atoms with Gasteiger partial charge in [-0.15, -0.1) is 0 Å². The van der Waals surface area contributed by atoms with Crippen molar-refractivity contribution in [2.24, 2.45) is 0 Å². The van der Waals surface area contributed by atoms with E-state index < -0.39 is 10.0 Å². The lowest BCUT2D eigenvalue weighted by atomic mass is 10.1. The zero-order valence-electron chi connectivity index (χ0n) is 12.2. The SMILES string of the molecule is CCNc1ncc(S(=O)(=O)NCCC2CCCCO2)cn1. The Hall–Kier alpha value is -1.25. The van der Waals surface area contributed by atoms with Crippen LogP contribution in [-0.2, 0) is 14.8 Å². The minimum absolute atomic E-state index is 0.0775. The van der Waals surface area contributed by atoms with Crippen LogP contribution in [0.5, 0.6) is 0 Å². The predicted octanol–water partition coefficient (Wildman–Crippen LogP) is 1.15. The van der Waals surface area contributed by atoms with Crippen LogP contribution in [0, 0.1) is 0 Å². The van der Waals surface area contributed by atoms with E-state index >= 15 is 0 Å². The van der Waals surface area contributed by atoms with Crippen molar-refractivity contribution in [3.05, 3.63) is 12.4 Å². The van der Waals surface area contributed by atoms with E-state index in [2.05, 4.69) is 20.0 Å². The highest BCUT2D eigenvalue weighted by Crippen LogP contribution is 2.15. The minimum Gasteiger partial charge on any atom is -0.378 e. The second-order valence-electron chi connectivity index (χ2n) is 4.95. The molecule has 1 aliphatic rings. The van der Waals surface area contributed by atoms with Crippen LogP contribution in [0.3, 0.4) is 0 Å². The van der Waals surface area contributed by atoms with E-state index in [-0.39, 0.29) is 11.0 Å². The average molecular weight is 314 g/mol. The van der Waals surface area contributed by atoms with E-state index in [0.717, 1.165) is 25.9 Å². The lowest BCUT2D eigenvalue weighted by molar-refractivity contribution is 0.0123. The molecule has 1 atom stereocenters. The van der Waals surface area contributed by atoms with E-state index in [0.29, 0.717) is 25.5 Å². The third kappa shape index (κ3) is 4.90. The first-order valence-corrected chi connectivity index (χ1v) is 8.77. The van der Waals surface area contributed by atoms with Crippen molar-refractivity contribution < 1.29 is 13.2 Å². The molecule has 0 aliphatic carbocycles. The monoisotopic (exact) mass is 314 g/mol. The molecule has 118 valence electrons. The van der Waals surface area contributed by atoms with Gasteiger partial charge in [-0.05, 0) is 32.6 Å². The Kier molecular flexibility index (Phi) is 5.89. The van der Waals surface area contributed by atoms with Crippen molar-refractivity contribution >= 4 is 16.0 Å². The maximum Gasteiger partial charge on any atom is 0.243 e. The van der Waals surface area contributed by atoms with Crippen molar-refractivity contribution in [3.63, 3.8) is 0 Å². The average Bonchev–Trinajstić information content (AvgIpc) is 2.49. The number of nitrogens with zero attached hydrogens (tertiary/aromatic N) is 2. The van der Waals surface area contributed by atoms with Crippen LogP contribution in [0.1, 0.15) is 32.6 Å². The fraction of sp³-hybridized carbons (Fsp3) is 0.692. The van der Waals surface area contributed by atoms with Crippen molar-refractivity contribution in [1.29, 1.82) is 0 Å². The number of ether oxygens (including phenoxy) is 1. The van der Waals surface area contributed by atoms with Gasteiger partial charge < -0.3 is 10.1 Å². The summed E-state index contributed by atoms with van der Waals surface area (Å²) in [6.07, 6.45) is 6.72. The topological polar surface area (TPSA) is 93.2 Å². The molecule has 0 amide bonds. The summed E-state index contributed by atoms with van der Waals surface area (Å²) in [5.74, 6) is 0.423. The van der Waals surface area contributed by atoms with E-state index in [1.54, 1.807) is 0 Å². The fourth-order valence-electron chi connectivity index (χ4n) is 2.18. The number of hydrogen-bond acceptors (Lipinski definition) is 6. The molecule has 1 aromatic rings. The van der Waals surface area contributed by atoms with Crippen molar-refractivity contribution in [2.75, 3.05) is 25.0 Å². The fourth-order valence-corrected chi connectivity index (χ4v) is 3.11. The summed E-state index contributed by atoms with van der Waals surface area (Å²) in [6.45, 7) is 3.74. The Bertz CT molecular complexity index is 527. The lowest BCUT2D eigenvalue weighted by Gasteiger charge is -2.22. The third-order valence-corrected chi connectivity index (χ3v) is 4.72. The lowest BCUT2D eigenvalue weighted by Crippen LogP contribution is -2.29. The number of aromatic nitrogens is 2. The molecule has 1 aromatic heterocycles. The molecule has 0 spiro atoms. The van der Waals surface area contributed by atoms with Gasteiger partial charge in [-0.2, -0.15) is 0 Å². The smallest absolute Gasteiger partial charge is 0.243 e. The summed E-state index contributed by atoms with van der Waals surface area (Å²) in [5.41, 5.74) is 0. The molecule has 0 radical (unpaired) electrons. The molecule has 2 rings (SSSR count). The molecule has 7 nitrogen and oxygen atoms in total. The molecule has 1 aliphatic heterocycles. The molecule has 1 unspecified atom stereocenters. The number of rotatable bonds is 7. The molecule has 0 aromatic carbocycles. The van der Waals surface area contributed by atoms with Gasteiger partial charge in [0.2, 0.25) is 16.0 Å². The minimum atomic E-state index is -3.55. The molecule has 1 saturated heterocycles. The molecule has 21 heavy (non-hydrogen) atoms. The summed E-state index contributed by atoms with van der Waals surface area (Å²) in [7, 11) is -3.55. The van der Waals surface area contributed by atoms with Gasteiger partial charge in [-0.1, -0.05) is 0 Å². The summed E-state index contributed by atoms with van der Waals surface area (Å²) in [4.78, 5) is 8.01. The van der Waals surface area contributed by atoms with Crippen molar-refractivity contribution in [3.8, 4) is 0 Å². The van der Waals surface area contributed by atoms with Crippen molar-refractivity contribution in [2.45, 2.75) is 43.6 Å². The van der Waals surface area contributed by atoms with Gasteiger partial charge in [0, 0.05) is 19.7 Å². The first-order valence-electron chi connectivity index (χ1n) is 7.29. The second kappa shape index (κ2) is 7.67. The van der Waals surface area contributed by atoms with Crippen LogP contribution >= 0.6 is 0 Å². The van der Waals surface area contributed by atoms with Crippen LogP contribution in [0.2, 0.25) is 0 Å². The highest BCUT2D eigenvalue weighted by Gasteiger charge is 2.17. The Morgan fingerprint density at radius 2 is 2.10 bits per heavy atom. The van der Waals surface area contributed by atoms with E-state index in [1.165, 1.54) is 12.4 Å². The molecule has 1 fully saturated rings. The maximum atomic E-state index is 12.1. The number of hydrogen-bond donors (Lipinski definition) is 2. The van der Waals surface area contributed by atoms with Gasteiger partial charge in [-0.3, -0.25) is 0 Å². The van der Waals surface area contributed by atoms with Crippen LogP contribution in [0.15, 0.2) is 17.3 Å². The molecule has 2 heterocycles. The van der Waals surface area contributed by atoms with Crippen LogP contribution in [0.25, 0.3) is 0 Å². The largest absolute Gasteiger partial charge is 0.378 e. The van der Waals surface area contributed by atoms with Gasteiger partial charge in [-0.25, -0.2) is 23.1 Å². The molecular formula is C13H22N4O3S. The van der Waals surface area contributed by atoms with E-state index in [1.807, 2.05) is 6.92 Å². The molecule has 0 saturated carbocycles. The Morgan fingerprint density at radius 3 is 2.71 bits per heavy atom. The number of nitrogens with one attached hydrogen (secondary N) is 2. The molecule has 2 N–H and O–H groups in total. The molecular weight excluding hydrogens is 292 g/mol. The third-order valence-electron chi connectivity index (χ3n) is 3.31. The molecule has 0 bridgehead atoms. The maximum absolute atomic E-state index is 12.1. The van der Waals surface area contributed by atoms with Crippen LogP contribution in [0.4, 0.5) is 5.95 Å². The van der Waals surface area contributed by atoms with Crippen LogP contribution in [-0.4, -0.2) is 44.2 Å². The normalized spacial score (nSPS) is 19.4. The highest BCUT2D eigenvalue weighted by atomic mass is 32.2. The van der Waals surface area contributed by atoms with Gasteiger partial charge in [0.25, 0.3) is 0 Å². The second-order valence-corrected chi connectivity index (χ2v) is 6.71. The highest BCUT2D eigenvalue weighted by molar-refractivity contribution is 7.89. The Balaban J connectivity index is 1.85. The van der Waals surface area contributed by atoms with Crippen molar-refractivity contribution in [1.82, 2.24) is 14.7 Å². The molecule has 8 heteroatoms. The van der Waals surface area contributed by atoms with Gasteiger partial charge in [0.1, 0.15) is 4.90 Å². The quantitative estimate of drug-likeness (QED) is 0.784. The first kappa shape index (κ1) is 16.1. The summed E-state index contributed by atoms with van der Waals surface area (Å²) < 4.78 is 32.3. The Morgan fingerprint density at radius 1 is 1.33 bits per heavy atom.